The molecule has 1 N–H and O–H groups in total. The summed E-state index contributed by atoms with van der Waals surface area (Å²) in [6, 6.07) is 10.9. The summed E-state index contributed by atoms with van der Waals surface area (Å²) < 4.78 is 11.1. The molecule has 1 aliphatic rings. The van der Waals surface area contributed by atoms with Crippen LogP contribution in [0.3, 0.4) is 0 Å². The van der Waals surface area contributed by atoms with E-state index in [0.29, 0.717) is 35.4 Å². The van der Waals surface area contributed by atoms with Gasteiger partial charge in [0.1, 0.15) is 11.1 Å². The molecule has 7 heteroatoms. The Morgan fingerprint density at radius 2 is 2.04 bits per heavy atom. The number of aromatic nitrogens is 2. The number of pyridine rings is 2. The first-order chi connectivity index (χ1) is 13.2. The summed E-state index contributed by atoms with van der Waals surface area (Å²) >= 11 is 6.27. The Balaban J connectivity index is 1.47. The number of hydrogen-bond acceptors (Lipinski definition) is 5. The van der Waals surface area contributed by atoms with Crippen LogP contribution in [0.25, 0.3) is 10.9 Å². The third-order valence-corrected chi connectivity index (χ3v) is 4.65. The first-order valence-corrected chi connectivity index (χ1v) is 9.13. The molecule has 138 valence electrons. The van der Waals surface area contributed by atoms with Crippen molar-refractivity contribution in [1.82, 2.24) is 9.97 Å². The van der Waals surface area contributed by atoms with Crippen LogP contribution in [0.2, 0.25) is 5.02 Å². The predicted octanol–water partition coefficient (Wildman–Crippen LogP) is 4.09. The average molecular weight is 384 g/mol. The summed E-state index contributed by atoms with van der Waals surface area (Å²) in [6.45, 7) is 1.34. The van der Waals surface area contributed by atoms with Crippen molar-refractivity contribution in [2.45, 2.75) is 18.9 Å². The highest BCUT2D eigenvalue weighted by atomic mass is 35.5. The number of amides is 1. The van der Waals surface area contributed by atoms with Crippen LogP contribution < -0.4 is 10.1 Å². The Morgan fingerprint density at radius 3 is 2.85 bits per heavy atom. The number of rotatable bonds is 4. The molecule has 3 aromatic rings. The lowest BCUT2D eigenvalue weighted by Gasteiger charge is -2.23. The van der Waals surface area contributed by atoms with Gasteiger partial charge in [-0.3, -0.25) is 9.78 Å². The summed E-state index contributed by atoms with van der Waals surface area (Å²) in [5.74, 6) is 0.0575. The largest absolute Gasteiger partial charge is 0.473 e. The van der Waals surface area contributed by atoms with Crippen molar-refractivity contribution in [1.29, 1.82) is 0 Å². The zero-order chi connectivity index (χ0) is 18.6. The third kappa shape index (κ3) is 4.18. The minimum absolute atomic E-state index is 0.0367. The number of nitrogens with one attached hydrogen (secondary N) is 1. The normalized spacial score (nSPS) is 14.9. The molecule has 1 saturated heterocycles. The SMILES string of the molecule is O=C(Nc1ccc2ncccc2c1)c1cnc(OC2CCOCC2)c(Cl)c1. The first kappa shape index (κ1) is 17.7. The number of carbonyl (C=O) groups is 1. The quantitative estimate of drug-likeness (QED) is 0.734. The lowest BCUT2D eigenvalue weighted by Crippen LogP contribution is -2.26. The van der Waals surface area contributed by atoms with Gasteiger partial charge in [0.15, 0.2) is 0 Å². The maximum absolute atomic E-state index is 12.5. The zero-order valence-corrected chi connectivity index (χ0v) is 15.3. The van der Waals surface area contributed by atoms with Gasteiger partial charge in [-0.1, -0.05) is 17.7 Å². The molecule has 0 unspecified atom stereocenters. The van der Waals surface area contributed by atoms with Crippen LogP contribution in [0.4, 0.5) is 5.69 Å². The third-order valence-electron chi connectivity index (χ3n) is 4.38. The van der Waals surface area contributed by atoms with Crippen molar-refractivity contribution in [2.75, 3.05) is 18.5 Å². The highest BCUT2D eigenvalue weighted by Crippen LogP contribution is 2.26. The first-order valence-electron chi connectivity index (χ1n) is 8.75. The minimum atomic E-state index is -0.287. The molecule has 2 aromatic heterocycles. The Labute approximate surface area is 161 Å². The number of anilines is 1. The van der Waals surface area contributed by atoms with Gasteiger partial charge in [-0.05, 0) is 30.3 Å². The fourth-order valence-corrected chi connectivity index (χ4v) is 3.16. The second kappa shape index (κ2) is 7.90. The van der Waals surface area contributed by atoms with Crippen molar-refractivity contribution in [3.63, 3.8) is 0 Å². The van der Waals surface area contributed by atoms with Crippen LogP contribution in [-0.2, 0) is 4.74 Å². The Kier molecular flexibility index (Phi) is 5.18. The van der Waals surface area contributed by atoms with Gasteiger partial charge in [0.25, 0.3) is 5.91 Å². The van der Waals surface area contributed by atoms with Crippen LogP contribution in [-0.4, -0.2) is 35.2 Å². The maximum Gasteiger partial charge on any atom is 0.257 e. The number of carbonyl (C=O) groups excluding carboxylic acids is 1. The molecule has 1 aliphatic heterocycles. The van der Waals surface area contributed by atoms with E-state index >= 15 is 0 Å². The van der Waals surface area contributed by atoms with Crippen molar-refractivity contribution in [3.05, 3.63) is 59.4 Å². The van der Waals surface area contributed by atoms with Crippen molar-refractivity contribution < 1.29 is 14.3 Å². The minimum Gasteiger partial charge on any atom is -0.473 e. The number of hydrogen-bond donors (Lipinski definition) is 1. The smallest absolute Gasteiger partial charge is 0.257 e. The fourth-order valence-electron chi connectivity index (χ4n) is 2.94. The lowest BCUT2D eigenvalue weighted by atomic mass is 10.1. The molecular formula is C20H18ClN3O3. The highest BCUT2D eigenvalue weighted by molar-refractivity contribution is 6.32. The van der Waals surface area contributed by atoms with Gasteiger partial charge in [-0.15, -0.1) is 0 Å². The molecule has 1 fully saturated rings. The summed E-state index contributed by atoms with van der Waals surface area (Å²) in [6.07, 6.45) is 4.85. The number of benzene rings is 1. The highest BCUT2D eigenvalue weighted by Gasteiger charge is 2.18. The summed E-state index contributed by atoms with van der Waals surface area (Å²) in [5, 5.41) is 4.12. The monoisotopic (exact) mass is 383 g/mol. The van der Waals surface area contributed by atoms with Crippen molar-refractivity contribution >= 4 is 34.1 Å². The maximum atomic E-state index is 12.5. The fraction of sp³-hybridized carbons (Fsp3) is 0.250. The van der Waals surface area contributed by atoms with Gasteiger partial charge in [0.2, 0.25) is 5.88 Å². The van der Waals surface area contributed by atoms with E-state index in [0.717, 1.165) is 23.7 Å². The molecule has 0 aliphatic carbocycles. The van der Waals surface area contributed by atoms with E-state index in [4.69, 9.17) is 21.1 Å². The topological polar surface area (TPSA) is 73.3 Å². The molecule has 0 spiro atoms. The van der Waals surface area contributed by atoms with Gasteiger partial charge in [-0.2, -0.15) is 0 Å². The lowest BCUT2D eigenvalue weighted by molar-refractivity contribution is 0.0238. The molecule has 6 nitrogen and oxygen atoms in total. The van der Waals surface area contributed by atoms with Crippen LogP contribution >= 0.6 is 11.6 Å². The molecule has 0 radical (unpaired) electrons. The van der Waals surface area contributed by atoms with Crippen LogP contribution in [0.15, 0.2) is 48.8 Å². The summed E-state index contributed by atoms with van der Waals surface area (Å²) in [4.78, 5) is 21.0. The Hall–Kier alpha value is -2.70. The number of nitrogens with zero attached hydrogens (tertiary/aromatic N) is 2. The molecule has 3 heterocycles. The molecule has 1 aromatic carbocycles. The van der Waals surface area contributed by atoms with Crippen molar-refractivity contribution in [3.8, 4) is 5.88 Å². The van der Waals surface area contributed by atoms with E-state index in [2.05, 4.69) is 15.3 Å². The van der Waals surface area contributed by atoms with Crippen LogP contribution in [0, 0.1) is 0 Å². The molecule has 27 heavy (non-hydrogen) atoms. The van der Waals surface area contributed by atoms with Gasteiger partial charge in [-0.25, -0.2) is 4.98 Å². The van der Waals surface area contributed by atoms with Gasteiger partial charge >= 0.3 is 0 Å². The van der Waals surface area contributed by atoms with Gasteiger partial charge in [0.05, 0.1) is 24.3 Å². The number of ether oxygens (including phenoxy) is 2. The molecule has 1 amide bonds. The zero-order valence-electron chi connectivity index (χ0n) is 14.5. The Bertz CT molecular complexity index is 974. The summed E-state index contributed by atoms with van der Waals surface area (Å²) in [7, 11) is 0. The molecular weight excluding hydrogens is 366 g/mol. The number of fused-ring (bicyclic) bond motifs is 1. The van der Waals surface area contributed by atoms with Gasteiger partial charge in [0, 0.05) is 36.3 Å². The standard InChI is InChI=1S/C20H18ClN3O3/c21-17-11-14(12-23-20(17)27-16-5-8-26-9-6-16)19(25)24-15-3-4-18-13(10-15)2-1-7-22-18/h1-4,7,10-12,16H,5-6,8-9H2,(H,24,25). The average Bonchev–Trinajstić information content (AvgIpc) is 2.70. The van der Waals surface area contributed by atoms with Crippen LogP contribution in [0.1, 0.15) is 23.2 Å². The Morgan fingerprint density at radius 1 is 1.19 bits per heavy atom. The second-order valence-electron chi connectivity index (χ2n) is 6.31. The molecule has 0 atom stereocenters. The second-order valence-corrected chi connectivity index (χ2v) is 6.71. The van der Waals surface area contributed by atoms with E-state index < -0.39 is 0 Å². The van der Waals surface area contributed by atoms with E-state index in [9.17, 15) is 4.79 Å². The molecule has 0 saturated carbocycles. The number of halogens is 1. The van der Waals surface area contributed by atoms with Crippen LogP contribution in [0.5, 0.6) is 5.88 Å². The summed E-state index contributed by atoms with van der Waals surface area (Å²) in [5.41, 5.74) is 1.92. The van der Waals surface area contributed by atoms with E-state index in [-0.39, 0.29) is 12.0 Å². The predicted molar refractivity (Wildman–Crippen MR) is 103 cm³/mol. The molecule has 4 rings (SSSR count). The van der Waals surface area contributed by atoms with E-state index in [1.165, 1.54) is 6.20 Å². The van der Waals surface area contributed by atoms with Gasteiger partial charge < -0.3 is 14.8 Å². The molecule has 0 bridgehead atoms. The van der Waals surface area contributed by atoms with E-state index in [1.54, 1.807) is 12.3 Å². The van der Waals surface area contributed by atoms with Crippen molar-refractivity contribution in [2.24, 2.45) is 0 Å². The van der Waals surface area contributed by atoms with E-state index in [1.807, 2.05) is 30.3 Å².